The van der Waals surface area contributed by atoms with Gasteiger partial charge in [-0.25, -0.2) is 4.68 Å². The molecule has 2 N–H and O–H groups in total. The van der Waals surface area contributed by atoms with Gasteiger partial charge < -0.3 is 10.4 Å². The molecule has 9 heteroatoms. The molecule has 0 atom stereocenters. The van der Waals surface area contributed by atoms with Crippen molar-refractivity contribution in [1.82, 2.24) is 9.78 Å². The van der Waals surface area contributed by atoms with E-state index in [4.69, 9.17) is 0 Å². The molecule has 4 rings (SSSR count). The number of nitrogens with zero attached hydrogens (tertiary/aromatic N) is 3. The van der Waals surface area contributed by atoms with Gasteiger partial charge in [0.1, 0.15) is 16.2 Å². The molecule has 148 valence electrons. The van der Waals surface area contributed by atoms with Gasteiger partial charge >= 0.3 is 0 Å². The number of nitrogens with one attached hydrogen (secondary N) is 1. The van der Waals surface area contributed by atoms with Crippen molar-refractivity contribution in [2.24, 2.45) is 10.3 Å². The maximum atomic E-state index is 13.0. The average Bonchev–Trinajstić information content (AvgIpc) is 3.45. The highest BCUT2D eigenvalue weighted by molar-refractivity contribution is 7.90. The normalized spacial score (nSPS) is 17.8. The fourth-order valence-corrected chi connectivity index (χ4v) is 4.39. The Balaban J connectivity index is 1.87. The first-order valence-corrected chi connectivity index (χ1v) is 10.8. The maximum Gasteiger partial charge on any atom is 0.286 e. The van der Waals surface area contributed by atoms with E-state index in [2.05, 4.69) is 14.8 Å². The summed E-state index contributed by atoms with van der Waals surface area (Å²) in [4.78, 5) is 13.1. The molecule has 1 fully saturated rings. The molecule has 1 aliphatic carbocycles. The first kappa shape index (κ1) is 18.7. The molecule has 2 aliphatic rings. The fourth-order valence-electron chi connectivity index (χ4n) is 3.27. The standard InChI is InChI=1S/C19H22N4O4S/c1-11(2)16-17(24)15(19(25)23(21-16)10-9-12-7-8-12)18-20-13-5-3-4-6-14(13)28(26,27)22-18/h3-6,11-12,24H,7-10H2,1-2H3,(H,20,22). The number of benzene rings is 1. The Morgan fingerprint density at radius 1 is 1.29 bits per heavy atom. The smallest absolute Gasteiger partial charge is 0.286 e. The maximum absolute atomic E-state index is 13.0. The molecule has 8 nitrogen and oxygen atoms in total. The molecular formula is C19H22N4O4S. The van der Waals surface area contributed by atoms with E-state index in [1.807, 2.05) is 13.8 Å². The summed E-state index contributed by atoms with van der Waals surface area (Å²) >= 11 is 0. The number of hydrogen-bond acceptors (Lipinski definition) is 6. The molecule has 0 spiro atoms. The Hall–Kier alpha value is -2.68. The summed E-state index contributed by atoms with van der Waals surface area (Å²) < 4.78 is 30.2. The lowest BCUT2D eigenvalue weighted by Crippen LogP contribution is -2.34. The molecule has 28 heavy (non-hydrogen) atoms. The van der Waals surface area contributed by atoms with Crippen LogP contribution in [0, 0.1) is 5.92 Å². The molecule has 0 saturated heterocycles. The van der Waals surface area contributed by atoms with Crippen LogP contribution in [-0.2, 0) is 16.6 Å². The summed E-state index contributed by atoms with van der Waals surface area (Å²) in [7, 11) is -3.99. The van der Waals surface area contributed by atoms with Crippen molar-refractivity contribution in [2.75, 3.05) is 5.32 Å². The second-order valence-corrected chi connectivity index (χ2v) is 9.13. The van der Waals surface area contributed by atoms with Crippen LogP contribution in [0.25, 0.3) is 0 Å². The number of anilines is 1. The van der Waals surface area contributed by atoms with Crippen molar-refractivity contribution in [2.45, 2.75) is 50.5 Å². The Morgan fingerprint density at radius 3 is 2.68 bits per heavy atom. The number of sulfonamides is 1. The molecule has 2 aromatic rings. The van der Waals surface area contributed by atoms with Gasteiger partial charge in [0, 0.05) is 12.5 Å². The van der Waals surface area contributed by atoms with E-state index in [0.717, 1.165) is 19.3 Å². The van der Waals surface area contributed by atoms with Crippen LogP contribution in [0.4, 0.5) is 5.69 Å². The number of rotatable bonds is 5. The fraction of sp³-hybridized carbons (Fsp3) is 0.421. The van der Waals surface area contributed by atoms with Gasteiger partial charge in [-0.05, 0) is 24.5 Å². The second kappa shape index (κ2) is 6.73. The zero-order chi connectivity index (χ0) is 20.1. The zero-order valence-electron chi connectivity index (χ0n) is 15.7. The summed E-state index contributed by atoms with van der Waals surface area (Å²) in [6, 6.07) is 6.32. The Labute approximate surface area is 163 Å². The summed E-state index contributed by atoms with van der Waals surface area (Å²) in [5.41, 5.74) is -0.0548. The summed E-state index contributed by atoms with van der Waals surface area (Å²) in [5.74, 6) is -0.0559. The van der Waals surface area contributed by atoms with Crippen molar-refractivity contribution in [1.29, 1.82) is 0 Å². The molecule has 1 saturated carbocycles. The highest BCUT2D eigenvalue weighted by Gasteiger charge is 2.31. The van der Waals surface area contributed by atoms with Gasteiger partial charge in [0.15, 0.2) is 11.6 Å². The average molecular weight is 402 g/mol. The van der Waals surface area contributed by atoms with Gasteiger partial charge in [0.25, 0.3) is 15.6 Å². The van der Waals surface area contributed by atoms with Crippen molar-refractivity contribution >= 4 is 21.5 Å². The van der Waals surface area contributed by atoms with Crippen molar-refractivity contribution in [3.05, 3.63) is 45.9 Å². The highest BCUT2D eigenvalue weighted by Crippen LogP contribution is 2.33. The molecular weight excluding hydrogens is 380 g/mol. The monoisotopic (exact) mass is 402 g/mol. The summed E-state index contributed by atoms with van der Waals surface area (Å²) in [5, 5.41) is 18.0. The number of aromatic nitrogens is 2. The Kier molecular flexibility index (Phi) is 4.49. The SMILES string of the molecule is CC(C)c1nn(CCC2CC2)c(=O)c(C2=NS(=O)(=O)c3ccccc3N2)c1O. The highest BCUT2D eigenvalue weighted by atomic mass is 32.2. The predicted octanol–water partition coefficient (Wildman–Crippen LogP) is 2.43. The largest absolute Gasteiger partial charge is 0.505 e. The lowest BCUT2D eigenvalue weighted by Gasteiger charge is -2.20. The van der Waals surface area contributed by atoms with E-state index >= 15 is 0 Å². The third kappa shape index (κ3) is 3.30. The number of amidine groups is 1. The second-order valence-electron chi connectivity index (χ2n) is 7.56. The van der Waals surface area contributed by atoms with Gasteiger partial charge in [-0.3, -0.25) is 4.79 Å². The molecule has 1 aromatic carbocycles. The van der Waals surface area contributed by atoms with Crippen LogP contribution in [-0.4, -0.2) is 29.1 Å². The number of aromatic hydroxyl groups is 1. The van der Waals surface area contributed by atoms with E-state index in [9.17, 15) is 18.3 Å². The Bertz CT molecular complexity index is 1130. The Morgan fingerprint density at radius 2 is 2.00 bits per heavy atom. The van der Waals surface area contributed by atoms with E-state index in [1.165, 1.54) is 10.7 Å². The lowest BCUT2D eigenvalue weighted by atomic mass is 10.1. The predicted molar refractivity (Wildman–Crippen MR) is 105 cm³/mol. The minimum absolute atomic E-state index is 0.0328. The van der Waals surface area contributed by atoms with Crippen LogP contribution in [0.1, 0.15) is 50.3 Å². The number of aryl methyl sites for hydroxylation is 1. The van der Waals surface area contributed by atoms with Crippen LogP contribution >= 0.6 is 0 Å². The lowest BCUT2D eigenvalue weighted by molar-refractivity contribution is 0.433. The first-order valence-electron chi connectivity index (χ1n) is 9.33. The molecule has 0 amide bonds. The van der Waals surface area contributed by atoms with E-state index in [1.54, 1.807) is 18.2 Å². The van der Waals surface area contributed by atoms with Crippen molar-refractivity contribution in [3.8, 4) is 5.75 Å². The van der Waals surface area contributed by atoms with Crippen LogP contribution in [0.3, 0.4) is 0 Å². The number of para-hydroxylation sites is 1. The minimum Gasteiger partial charge on any atom is -0.505 e. The minimum atomic E-state index is -3.99. The third-order valence-corrected chi connectivity index (χ3v) is 6.35. The number of hydrogen-bond donors (Lipinski definition) is 2. The molecule has 0 bridgehead atoms. The van der Waals surface area contributed by atoms with E-state index in [-0.39, 0.29) is 28.0 Å². The molecule has 0 radical (unpaired) electrons. The summed E-state index contributed by atoms with van der Waals surface area (Å²) in [6.07, 6.45) is 3.13. The van der Waals surface area contributed by atoms with Gasteiger partial charge in [-0.1, -0.05) is 38.8 Å². The van der Waals surface area contributed by atoms with Crippen molar-refractivity contribution in [3.63, 3.8) is 0 Å². The summed E-state index contributed by atoms with van der Waals surface area (Å²) in [6.45, 7) is 4.13. The molecule has 1 aliphatic heterocycles. The van der Waals surface area contributed by atoms with Crippen LogP contribution in [0.15, 0.2) is 38.4 Å². The van der Waals surface area contributed by atoms with E-state index in [0.29, 0.717) is 23.8 Å². The van der Waals surface area contributed by atoms with Gasteiger partial charge in [-0.15, -0.1) is 4.40 Å². The van der Waals surface area contributed by atoms with Crippen LogP contribution < -0.4 is 10.9 Å². The third-order valence-electron chi connectivity index (χ3n) is 5.02. The zero-order valence-corrected chi connectivity index (χ0v) is 16.5. The molecule has 0 unspecified atom stereocenters. The quantitative estimate of drug-likeness (QED) is 0.794. The van der Waals surface area contributed by atoms with Gasteiger partial charge in [-0.2, -0.15) is 13.5 Å². The molecule has 2 heterocycles. The van der Waals surface area contributed by atoms with E-state index < -0.39 is 15.6 Å². The molecule has 1 aromatic heterocycles. The van der Waals surface area contributed by atoms with Crippen molar-refractivity contribution < 1.29 is 13.5 Å². The first-order chi connectivity index (χ1) is 13.3. The van der Waals surface area contributed by atoms with Gasteiger partial charge in [0.05, 0.1) is 5.69 Å². The van der Waals surface area contributed by atoms with Gasteiger partial charge in [0.2, 0.25) is 0 Å². The van der Waals surface area contributed by atoms with Crippen LogP contribution in [0.5, 0.6) is 5.75 Å². The van der Waals surface area contributed by atoms with Crippen LogP contribution in [0.2, 0.25) is 0 Å². The topological polar surface area (TPSA) is 114 Å². The number of fused-ring (bicyclic) bond motifs is 1.